The van der Waals surface area contributed by atoms with Crippen LogP contribution in [0.25, 0.3) is 0 Å². The van der Waals surface area contributed by atoms with Crippen molar-refractivity contribution >= 4 is 17.7 Å². The monoisotopic (exact) mass is 242 g/mol. The predicted molar refractivity (Wildman–Crippen MR) is 60.3 cm³/mol. The second kappa shape index (κ2) is 5.77. The minimum atomic E-state index is -1.11. The molecule has 1 aliphatic rings. The quantitative estimate of drug-likeness (QED) is 0.692. The molecule has 0 spiro atoms. The van der Waals surface area contributed by atoms with Crippen LogP contribution < -0.4 is 5.73 Å². The standard InChI is InChI=1S/C11H18N2O4/c1-7(14)9-3-2-6-13(9)10(15)5-4-8(12)11(16)17/h8-9H,2-6,12H2,1H3,(H,16,17)/t8?,9-/m1/s1. The minimum Gasteiger partial charge on any atom is -0.480 e. The number of carbonyl (C=O) groups excluding carboxylic acids is 2. The SMILES string of the molecule is CC(=O)[C@H]1CCCN1C(=O)CCC(N)C(=O)O. The van der Waals surface area contributed by atoms with Gasteiger partial charge in [-0.3, -0.25) is 14.4 Å². The van der Waals surface area contributed by atoms with Crippen LogP contribution >= 0.6 is 0 Å². The fraction of sp³-hybridized carbons (Fsp3) is 0.727. The number of nitrogens with zero attached hydrogens (tertiary/aromatic N) is 1. The molecule has 0 aromatic carbocycles. The number of hydrogen-bond donors (Lipinski definition) is 2. The van der Waals surface area contributed by atoms with Gasteiger partial charge in [0.05, 0.1) is 6.04 Å². The molecule has 1 saturated heterocycles. The first-order chi connectivity index (χ1) is 7.93. The van der Waals surface area contributed by atoms with Crippen molar-refractivity contribution in [1.82, 2.24) is 4.90 Å². The first-order valence-corrected chi connectivity index (χ1v) is 5.71. The second-order valence-corrected chi connectivity index (χ2v) is 4.34. The van der Waals surface area contributed by atoms with E-state index in [2.05, 4.69) is 0 Å². The van der Waals surface area contributed by atoms with Gasteiger partial charge in [0.1, 0.15) is 6.04 Å². The lowest BCUT2D eigenvalue weighted by Gasteiger charge is -2.22. The summed E-state index contributed by atoms with van der Waals surface area (Å²) in [7, 11) is 0. The highest BCUT2D eigenvalue weighted by molar-refractivity contribution is 5.88. The summed E-state index contributed by atoms with van der Waals surface area (Å²) >= 11 is 0. The molecule has 6 nitrogen and oxygen atoms in total. The van der Waals surface area contributed by atoms with E-state index in [1.807, 2.05) is 0 Å². The summed E-state index contributed by atoms with van der Waals surface area (Å²) in [5, 5.41) is 8.60. The van der Waals surface area contributed by atoms with Crippen LogP contribution in [0.2, 0.25) is 0 Å². The molecule has 3 N–H and O–H groups in total. The fourth-order valence-corrected chi connectivity index (χ4v) is 2.03. The normalized spacial score (nSPS) is 21.3. The minimum absolute atomic E-state index is 0.0154. The zero-order chi connectivity index (χ0) is 13.0. The van der Waals surface area contributed by atoms with E-state index in [1.165, 1.54) is 11.8 Å². The maximum absolute atomic E-state index is 11.8. The molecule has 6 heteroatoms. The maximum Gasteiger partial charge on any atom is 0.320 e. The first-order valence-electron chi connectivity index (χ1n) is 5.71. The Bertz CT molecular complexity index is 329. The van der Waals surface area contributed by atoms with Gasteiger partial charge in [-0.1, -0.05) is 0 Å². The number of Topliss-reactive ketones (excluding diaryl/α,β-unsaturated/α-hetero) is 1. The van der Waals surface area contributed by atoms with E-state index >= 15 is 0 Å². The van der Waals surface area contributed by atoms with E-state index in [9.17, 15) is 14.4 Å². The lowest BCUT2D eigenvalue weighted by atomic mass is 10.1. The topological polar surface area (TPSA) is 101 Å². The van der Waals surface area contributed by atoms with Crippen LogP contribution in [0.15, 0.2) is 0 Å². The molecule has 0 aromatic rings. The number of carboxylic acids is 1. The number of amides is 1. The molecule has 1 unspecified atom stereocenters. The van der Waals surface area contributed by atoms with Gasteiger partial charge in [-0.15, -0.1) is 0 Å². The number of aliphatic carboxylic acids is 1. The van der Waals surface area contributed by atoms with Gasteiger partial charge in [0.2, 0.25) is 5.91 Å². The summed E-state index contributed by atoms with van der Waals surface area (Å²) in [4.78, 5) is 35.1. The molecule has 1 amide bonds. The number of carbonyl (C=O) groups is 3. The summed E-state index contributed by atoms with van der Waals surface area (Å²) in [6.07, 6.45) is 1.71. The number of likely N-dealkylation sites (tertiary alicyclic amines) is 1. The van der Waals surface area contributed by atoms with Gasteiger partial charge in [0, 0.05) is 13.0 Å². The van der Waals surface area contributed by atoms with Crippen LogP contribution in [0, 0.1) is 0 Å². The highest BCUT2D eigenvalue weighted by Crippen LogP contribution is 2.19. The van der Waals surface area contributed by atoms with Crippen molar-refractivity contribution in [2.45, 2.75) is 44.7 Å². The summed E-state index contributed by atoms with van der Waals surface area (Å²) in [5.41, 5.74) is 5.32. The van der Waals surface area contributed by atoms with Crippen LogP contribution in [-0.4, -0.2) is 46.3 Å². The molecule has 1 heterocycles. The van der Waals surface area contributed by atoms with Crippen LogP contribution in [0.5, 0.6) is 0 Å². The Labute approximate surface area is 99.8 Å². The summed E-state index contributed by atoms with van der Waals surface area (Å²) in [6, 6.07) is -1.35. The third-order valence-corrected chi connectivity index (χ3v) is 3.03. The molecular formula is C11H18N2O4. The van der Waals surface area contributed by atoms with Crippen molar-refractivity contribution in [1.29, 1.82) is 0 Å². The Hall–Kier alpha value is -1.43. The van der Waals surface area contributed by atoms with Gasteiger partial charge in [-0.25, -0.2) is 0 Å². The Morgan fingerprint density at radius 3 is 2.65 bits per heavy atom. The van der Waals surface area contributed by atoms with Gasteiger partial charge in [0.25, 0.3) is 0 Å². The molecule has 0 bridgehead atoms. The van der Waals surface area contributed by atoms with E-state index in [4.69, 9.17) is 10.8 Å². The van der Waals surface area contributed by atoms with E-state index in [0.29, 0.717) is 13.0 Å². The van der Waals surface area contributed by atoms with E-state index < -0.39 is 12.0 Å². The van der Waals surface area contributed by atoms with E-state index in [1.54, 1.807) is 0 Å². The van der Waals surface area contributed by atoms with Gasteiger partial charge < -0.3 is 15.7 Å². The lowest BCUT2D eigenvalue weighted by Crippen LogP contribution is -2.40. The van der Waals surface area contributed by atoms with Crippen LogP contribution in [0.3, 0.4) is 0 Å². The molecule has 0 aliphatic carbocycles. The van der Waals surface area contributed by atoms with Crippen LogP contribution in [-0.2, 0) is 14.4 Å². The number of ketones is 1. The number of carboxylic acid groups (broad SMARTS) is 1. The number of nitrogens with two attached hydrogens (primary N) is 1. The summed E-state index contributed by atoms with van der Waals surface area (Å²) < 4.78 is 0. The largest absolute Gasteiger partial charge is 0.480 e. The highest BCUT2D eigenvalue weighted by Gasteiger charge is 2.31. The third-order valence-electron chi connectivity index (χ3n) is 3.03. The number of hydrogen-bond acceptors (Lipinski definition) is 4. The maximum atomic E-state index is 11.8. The molecule has 1 fully saturated rings. The first kappa shape index (κ1) is 13.6. The zero-order valence-electron chi connectivity index (χ0n) is 9.89. The third kappa shape index (κ3) is 3.52. The Morgan fingerprint density at radius 1 is 1.47 bits per heavy atom. The van der Waals surface area contributed by atoms with Gasteiger partial charge in [-0.2, -0.15) is 0 Å². The van der Waals surface area contributed by atoms with Crippen molar-refractivity contribution in [2.75, 3.05) is 6.54 Å². The predicted octanol–water partition coefficient (Wildman–Crippen LogP) is -0.241. The van der Waals surface area contributed by atoms with Gasteiger partial charge in [0.15, 0.2) is 5.78 Å². The molecule has 1 rings (SSSR count). The average Bonchev–Trinajstić information content (AvgIpc) is 2.73. The molecule has 2 atom stereocenters. The molecule has 0 aromatic heterocycles. The van der Waals surface area contributed by atoms with Crippen LogP contribution in [0.1, 0.15) is 32.6 Å². The lowest BCUT2D eigenvalue weighted by molar-refractivity contribution is -0.140. The van der Waals surface area contributed by atoms with Gasteiger partial charge >= 0.3 is 5.97 Å². The Balaban J connectivity index is 2.47. The molecule has 1 aliphatic heterocycles. The number of rotatable bonds is 5. The fourth-order valence-electron chi connectivity index (χ4n) is 2.03. The van der Waals surface area contributed by atoms with Crippen LogP contribution in [0.4, 0.5) is 0 Å². The molecule has 0 saturated carbocycles. The van der Waals surface area contributed by atoms with Crippen molar-refractivity contribution in [2.24, 2.45) is 5.73 Å². The summed E-state index contributed by atoms with van der Waals surface area (Å²) in [5.74, 6) is -1.31. The van der Waals surface area contributed by atoms with Gasteiger partial charge in [-0.05, 0) is 26.2 Å². The van der Waals surface area contributed by atoms with E-state index in [-0.39, 0.29) is 30.6 Å². The Morgan fingerprint density at radius 2 is 2.12 bits per heavy atom. The molecule has 0 radical (unpaired) electrons. The van der Waals surface area contributed by atoms with Crippen molar-refractivity contribution in [3.63, 3.8) is 0 Å². The molecular weight excluding hydrogens is 224 g/mol. The Kier molecular flexibility index (Phi) is 4.62. The average molecular weight is 242 g/mol. The molecule has 96 valence electrons. The van der Waals surface area contributed by atoms with Crippen molar-refractivity contribution in [3.05, 3.63) is 0 Å². The highest BCUT2D eigenvalue weighted by atomic mass is 16.4. The zero-order valence-corrected chi connectivity index (χ0v) is 9.89. The van der Waals surface area contributed by atoms with E-state index in [0.717, 1.165) is 6.42 Å². The second-order valence-electron chi connectivity index (χ2n) is 4.34. The van der Waals surface area contributed by atoms with Crippen molar-refractivity contribution < 1.29 is 19.5 Å². The summed E-state index contributed by atoms with van der Waals surface area (Å²) in [6.45, 7) is 2.05. The van der Waals surface area contributed by atoms with Crippen molar-refractivity contribution in [3.8, 4) is 0 Å². The molecule has 17 heavy (non-hydrogen) atoms. The smallest absolute Gasteiger partial charge is 0.320 e.